The zero-order valence-electron chi connectivity index (χ0n) is 11.8. The minimum atomic E-state index is -3.37. The minimum Gasteiger partial charge on any atom is -0.478 e. The van der Waals surface area contributed by atoms with Gasteiger partial charge in [0.05, 0.1) is 16.2 Å². The van der Waals surface area contributed by atoms with Crippen molar-refractivity contribution in [2.45, 2.75) is 50.3 Å². The zero-order valence-corrected chi connectivity index (χ0v) is 12.7. The summed E-state index contributed by atoms with van der Waals surface area (Å²) in [6.45, 7) is 2.14. The lowest BCUT2D eigenvalue weighted by Gasteiger charge is -2.05. The van der Waals surface area contributed by atoms with Crippen LogP contribution in [-0.4, -0.2) is 25.2 Å². The molecule has 0 fully saturated rings. The third-order valence-corrected chi connectivity index (χ3v) is 5.01. The maximum absolute atomic E-state index is 12.1. The monoisotopic (exact) mass is 298 g/mol. The van der Waals surface area contributed by atoms with E-state index in [9.17, 15) is 13.2 Å². The Morgan fingerprint density at radius 1 is 1.10 bits per heavy atom. The van der Waals surface area contributed by atoms with Crippen molar-refractivity contribution < 1.29 is 18.3 Å². The molecule has 0 aromatic heterocycles. The van der Waals surface area contributed by atoms with Gasteiger partial charge in [0.15, 0.2) is 9.84 Å². The third-order valence-electron chi connectivity index (χ3n) is 3.21. The lowest BCUT2D eigenvalue weighted by molar-refractivity contribution is 0.0696. The topological polar surface area (TPSA) is 71.4 Å². The van der Waals surface area contributed by atoms with Gasteiger partial charge in [-0.25, -0.2) is 13.2 Å². The van der Waals surface area contributed by atoms with Crippen LogP contribution in [0.2, 0.25) is 0 Å². The van der Waals surface area contributed by atoms with E-state index in [1.165, 1.54) is 37.1 Å². The van der Waals surface area contributed by atoms with Crippen molar-refractivity contribution >= 4 is 15.8 Å². The van der Waals surface area contributed by atoms with Crippen LogP contribution < -0.4 is 0 Å². The molecule has 0 aliphatic heterocycles. The molecule has 0 saturated carbocycles. The number of hydrogen-bond donors (Lipinski definition) is 1. The standard InChI is InChI=1S/C15H22O4S/c1-2-3-4-5-6-7-11-20(18,19)14-10-8-9-13(12-14)15(16)17/h8-10,12H,2-7,11H2,1H3,(H,16,17). The molecule has 4 nitrogen and oxygen atoms in total. The van der Waals surface area contributed by atoms with E-state index in [2.05, 4.69) is 6.92 Å². The van der Waals surface area contributed by atoms with Crippen molar-refractivity contribution in [1.82, 2.24) is 0 Å². The van der Waals surface area contributed by atoms with Crippen molar-refractivity contribution in [3.05, 3.63) is 29.8 Å². The molecule has 1 N–H and O–H groups in total. The van der Waals surface area contributed by atoms with Gasteiger partial charge in [-0.05, 0) is 24.6 Å². The smallest absolute Gasteiger partial charge is 0.335 e. The van der Waals surface area contributed by atoms with E-state index < -0.39 is 15.8 Å². The summed E-state index contributed by atoms with van der Waals surface area (Å²) in [6, 6.07) is 5.55. The van der Waals surface area contributed by atoms with E-state index in [0.717, 1.165) is 19.3 Å². The van der Waals surface area contributed by atoms with Crippen molar-refractivity contribution in [2.75, 3.05) is 5.75 Å². The second-order valence-corrected chi connectivity index (χ2v) is 7.03. The van der Waals surface area contributed by atoms with Gasteiger partial charge in [0.25, 0.3) is 0 Å². The van der Waals surface area contributed by atoms with Crippen molar-refractivity contribution in [3.8, 4) is 0 Å². The first-order valence-electron chi connectivity index (χ1n) is 7.03. The fraction of sp³-hybridized carbons (Fsp3) is 0.533. The van der Waals surface area contributed by atoms with E-state index in [1.807, 2.05) is 0 Å². The Morgan fingerprint density at radius 3 is 2.40 bits per heavy atom. The van der Waals surface area contributed by atoms with Gasteiger partial charge in [-0.1, -0.05) is 45.1 Å². The van der Waals surface area contributed by atoms with Gasteiger partial charge in [-0.2, -0.15) is 0 Å². The third kappa shape index (κ3) is 5.33. The molecule has 0 atom stereocenters. The lowest BCUT2D eigenvalue weighted by atomic mass is 10.1. The van der Waals surface area contributed by atoms with E-state index >= 15 is 0 Å². The molecule has 20 heavy (non-hydrogen) atoms. The van der Waals surface area contributed by atoms with Gasteiger partial charge in [0.1, 0.15) is 0 Å². The molecule has 0 radical (unpaired) electrons. The molecule has 0 bridgehead atoms. The van der Waals surface area contributed by atoms with Gasteiger partial charge >= 0.3 is 5.97 Å². The Bertz CT molecular complexity index is 535. The van der Waals surface area contributed by atoms with Gasteiger partial charge < -0.3 is 5.11 Å². The zero-order chi connectivity index (χ0) is 15.0. The molecule has 0 aliphatic rings. The Labute approximate surface area is 120 Å². The maximum atomic E-state index is 12.1. The summed E-state index contributed by atoms with van der Waals surface area (Å²) >= 11 is 0. The molecule has 0 aliphatic carbocycles. The van der Waals surface area contributed by atoms with Crippen LogP contribution in [0.25, 0.3) is 0 Å². The first-order chi connectivity index (χ1) is 9.47. The molecule has 1 rings (SSSR count). The number of hydrogen-bond acceptors (Lipinski definition) is 3. The van der Waals surface area contributed by atoms with Crippen molar-refractivity contribution in [2.24, 2.45) is 0 Å². The number of aromatic carboxylic acids is 1. The summed E-state index contributed by atoms with van der Waals surface area (Å²) in [6.07, 6.45) is 6.08. The predicted molar refractivity (Wildman–Crippen MR) is 78.8 cm³/mol. The number of carboxylic acid groups (broad SMARTS) is 1. The van der Waals surface area contributed by atoms with Crippen molar-refractivity contribution in [1.29, 1.82) is 0 Å². The Morgan fingerprint density at radius 2 is 1.75 bits per heavy atom. The largest absolute Gasteiger partial charge is 0.478 e. The Balaban J connectivity index is 2.56. The molecular weight excluding hydrogens is 276 g/mol. The minimum absolute atomic E-state index is 0.00835. The van der Waals surface area contributed by atoms with E-state index in [4.69, 9.17) is 5.11 Å². The molecule has 5 heteroatoms. The number of unbranched alkanes of at least 4 members (excludes halogenated alkanes) is 5. The molecular formula is C15H22O4S. The van der Waals surface area contributed by atoms with Crippen LogP contribution in [0.1, 0.15) is 55.8 Å². The second kappa shape index (κ2) is 8.04. The normalized spacial score (nSPS) is 11.4. The maximum Gasteiger partial charge on any atom is 0.335 e. The number of carboxylic acids is 1. The first kappa shape index (κ1) is 16.7. The number of carbonyl (C=O) groups is 1. The first-order valence-corrected chi connectivity index (χ1v) is 8.68. The van der Waals surface area contributed by atoms with E-state index in [-0.39, 0.29) is 16.2 Å². The summed E-state index contributed by atoms with van der Waals surface area (Å²) in [7, 11) is -3.37. The number of sulfone groups is 1. The van der Waals surface area contributed by atoms with Crippen LogP contribution in [0.3, 0.4) is 0 Å². The fourth-order valence-electron chi connectivity index (χ4n) is 2.01. The molecule has 0 amide bonds. The highest BCUT2D eigenvalue weighted by molar-refractivity contribution is 7.91. The van der Waals surface area contributed by atoms with E-state index in [0.29, 0.717) is 6.42 Å². The van der Waals surface area contributed by atoms with Crippen LogP contribution in [0.4, 0.5) is 0 Å². The van der Waals surface area contributed by atoms with Crippen LogP contribution in [-0.2, 0) is 9.84 Å². The van der Waals surface area contributed by atoms with Gasteiger partial charge in [0, 0.05) is 0 Å². The molecule has 1 aromatic carbocycles. The quantitative estimate of drug-likeness (QED) is 0.708. The fourth-order valence-corrected chi connectivity index (χ4v) is 3.43. The predicted octanol–water partition coefficient (Wildman–Crippen LogP) is 3.52. The van der Waals surface area contributed by atoms with Gasteiger partial charge in [-0.15, -0.1) is 0 Å². The summed E-state index contributed by atoms with van der Waals surface area (Å²) in [5.41, 5.74) is 0.00835. The van der Waals surface area contributed by atoms with Crippen LogP contribution in [0, 0.1) is 0 Å². The van der Waals surface area contributed by atoms with E-state index in [1.54, 1.807) is 0 Å². The SMILES string of the molecule is CCCCCCCCS(=O)(=O)c1cccc(C(=O)O)c1. The highest BCUT2D eigenvalue weighted by atomic mass is 32.2. The Kier molecular flexibility index (Phi) is 6.71. The summed E-state index contributed by atoms with van der Waals surface area (Å²) in [4.78, 5) is 10.9. The molecule has 1 aromatic rings. The molecule has 0 unspecified atom stereocenters. The molecule has 112 valence electrons. The molecule has 0 saturated heterocycles. The number of rotatable bonds is 9. The highest BCUT2D eigenvalue weighted by Crippen LogP contribution is 2.16. The summed E-state index contributed by atoms with van der Waals surface area (Å²) in [5.74, 6) is -1.02. The summed E-state index contributed by atoms with van der Waals surface area (Å²) in [5, 5.41) is 8.88. The second-order valence-electron chi connectivity index (χ2n) is 4.92. The van der Waals surface area contributed by atoms with Crippen LogP contribution in [0.5, 0.6) is 0 Å². The van der Waals surface area contributed by atoms with Gasteiger partial charge in [-0.3, -0.25) is 0 Å². The van der Waals surface area contributed by atoms with Crippen LogP contribution in [0.15, 0.2) is 29.2 Å². The highest BCUT2D eigenvalue weighted by Gasteiger charge is 2.15. The average Bonchev–Trinajstić information content (AvgIpc) is 2.43. The summed E-state index contributed by atoms with van der Waals surface area (Å²) < 4.78 is 24.2. The van der Waals surface area contributed by atoms with Crippen molar-refractivity contribution in [3.63, 3.8) is 0 Å². The lowest BCUT2D eigenvalue weighted by Crippen LogP contribution is -2.08. The number of benzene rings is 1. The average molecular weight is 298 g/mol. The van der Waals surface area contributed by atoms with Crippen LogP contribution >= 0.6 is 0 Å². The molecule has 0 heterocycles. The molecule has 0 spiro atoms. The Hall–Kier alpha value is -1.36. The van der Waals surface area contributed by atoms with Gasteiger partial charge in [0.2, 0.25) is 0 Å².